The molecule has 68 valence electrons. The lowest BCUT2D eigenvalue weighted by Crippen LogP contribution is -2.48. The normalized spacial score (nSPS) is 51.2. The van der Waals surface area contributed by atoms with Crippen molar-refractivity contribution < 1.29 is 0 Å². The van der Waals surface area contributed by atoms with Crippen LogP contribution in [-0.2, 0) is 0 Å². The number of hydrogen-bond donors (Lipinski definition) is 0. The second-order valence-corrected chi connectivity index (χ2v) is 5.29. The zero-order valence-corrected chi connectivity index (χ0v) is 8.21. The first-order chi connectivity index (χ1) is 5.74. The Bertz CT molecular complexity index is 211. The molecule has 1 saturated carbocycles. The van der Waals surface area contributed by atoms with Crippen molar-refractivity contribution in [3.8, 4) is 0 Å². The first-order valence-corrected chi connectivity index (χ1v) is 5.52. The highest BCUT2D eigenvalue weighted by Crippen LogP contribution is 2.64. The molecule has 0 radical (unpaired) electrons. The van der Waals surface area contributed by atoms with Crippen LogP contribution in [0.5, 0.6) is 0 Å². The van der Waals surface area contributed by atoms with Crippen LogP contribution >= 0.6 is 0 Å². The molecule has 1 aliphatic carbocycles. The molecule has 0 amide bonds. The summed E-state index contributed by atoms with van der Waals surface area (Å²) in [6, 6.07) is 1.76. The molecule has 2 aliphatic heterocycles. The van der Waals surface area contributed by atoms with Gasteiger partial charge in [-0.1, -0.05) is 6.42 Å². The predicted molar refractivity (Wildman–Crippen MR) is 50.1 cm³/mol. The Balaban J connectivity index is 1.92. The average molecular weight is 165 g/mol. The van der Waals surface area contributed by atoms with Gasteiger partial charge in [0.1, 0.15) is 0 Å². The van der Waals surface area contributed by atoms with Crippen LogP contribution in [0.25, 0.3) is 0 Å². The number of hydrogen-bond acceptors (Lipinski definition) is 1. The standard InChI is InChI=1S/C11H19N/c1-8(2)12-10-4-3-5-11(12)7-9(11)6-10/h8-10H,3-7H2,1-2H3. The zero-order valence-electron chi connectivity index (χ0n) is 8.21. The summed E-state index contributed by atoms with van der Waals surface area (Å²) < 4.78 is 0. The van der Waals surface area contributed by atoms with E-state index in [-0.39, 0.29) is 0 Å². The first-order valence-electron chi connectivity index (χ1n) is 5.52. The minimum Gasteiger partial charge on any atom is -0.292 e. The van der Waals surface area contributed by atoms with Gasteiger partial charge in [-0.15, -0.1) is 0 Å². The fraction of sp³-hybridized carbons (Fsp3) is 1.00. The summed E-state index contributed by atoms with van der Waals surface area (Å²) in [6.07, 6.45) is 7.55. The Hall–Kier alpha value is -0.0400. The molecule has 3 aliphatic rings. The van der Waals surface area contributed by atoms with Crippen molar-refractivity contribution in [2.45, 2.75) is 63.6 Å². The number of fused-ring (bicyclic) bond motifs is 1. The van der Waals surface area contributed by atoms with E-state index in [1.54, 1.807) is 0 Å². The monoisotopic (exact) mass is 165 g/mol. The minimum absolute atomic E-state index is 0.733. The molecule has 2 bridgehead atoms. The molecule has 1 heteroatoms. The highest BCUT2D eigenvalue weighted by atomic mass is 15.3. The molecular weight excluding hydrogens is 146 g/mol. The van der Waals surface area contributed by atoms with Crippen LogP contribution < -0.4 is 0 Å². The summed E-state index contributed by atoms with van der Waals surface area (Å²) in [5.74, 6) is 1.10. The van der Waals surface area contributed by atoms with E-state index in [1.807, 2.05) is 0 Å². The summed E-state index contributed by atoms with van der Waals surface area (Å²) in [5, 5.41) is 0. The Morgan fingerprint density at radius 2 is 2.25 bits per heavy atom. The van der Waals surface area contributed by atoms with Gasteiger partial charge < -0.3 is 0 Å². The minimum atomic E-state index is 0.733. The van der Waals surface area contributed by atoms with Crippen LogP contribution in [0.4, 0.5) is 0 Å². The summed E-state index contributed by atoms with van der Waals surface area (Å²) in [4.78, 5) is 2.85. The third-order valence-electron chi connectivity index (χ3n) is 4.37. The maximum atomic E-state index is 2.85. The third-order valence-corrected chi connectivity index (χ3v) is 4.37. The van der Waals surface area contributed by atoms with E-state index in [1.165, 1.54) is 32.1 Å². The molecule has 2 saturated heterocycles. The molecular formula is C11H19N. The second-order valence-electron chi connectivity index (χ2n) is 5.29. The van der Waals surface area contributed by atoms with Crippen molar-refractivity contribution in [3.05, 3.63) is 0 Å². The summed E-state index contributed by atoms with van der Waals surface area (Å²) >= 11 is 0. The number of piperidine rings is 2. The Labute approximate surface area is 75.1 Å². The predicted octanol–water partition coefficient (Wildman–Crippen LogP) is 2.41. The smallest absolute Gasteiger partial charge is 0.0248 e. The van der Waals surface area contributed by atoms with Crippen molar-refractivity contribution in [1.82, 2.24) is 4.90 Å². The van der Waals surface area contributed by atoms with Gasteiger partial charge in [0.2, 0.25) is 0 Å². The van der Waals surface area contributed by atoms with Gasteiger partial charge in [0.05, 0.1) is 0 Å². The quantitative estimate of drug-likeness (QED) is 0.576. The fourth-order valence-electron chi connectivity index (χ4n) is 4.06. The van der Waals surface area contributed by atoms with Gasteiger partial charge in [-0.05, 0) is 45.4 Å². The van der Waals surface area contributed by atoms with Crippen molar-refractivity contribution in [1.29, 1.82) is 0 Å². The van der Waals surface area contributed by atoms with E-state index in [0.717, 1.165) is 23.5 Å². The summed E-state index contributed by atoms with van der Waals surface area (Å²) in [7, 11) is 0. The van der Waals surface area contributed by atoms with Gasteiger partial charge in [-0.25, -0.2) is 0 Å². The van der Waals surface area contributed by atoms with Crippen LogP contribution in [0.15, 0.2) is 0 Å². The summed E-state index contributed by atoms with van der Waals surface area (Å²) in [6.45, 7) is 4.75. The van der Waals surface area contributed by atoms with Crippen molar-refractivity contribution in [2.75, 3.05) is 0 Å². The molecule has 0 N–H and O–H groups in total. The topological polar surface area (TPSA) is 3.24 Å². The van der Waals surface area contributed by atoms with Gasteiger partial charge in [0.15, 0.2) is 0 Å². The molecule has 1 nitrogen and oxygen atoms in total. The Morgan fingerprint density at radius 1 is 1.42 bits per heavy atom. The van der Waals surface area contributed by atoms with E-state index in [0.29, 0.717) is 0 Å². The highest BCUT2D eigenvalue weighted by molar-refractivity contribution is 5.21. The van der Waals surface area contributed by atoms with Gasteiger partial charge >= 0.3 is 0 Å². The fourth-order valence-corrected chi connectivity index (χ4v) is 4.06. The molecule has 3 fully saturated rings. The van der Waals surface area contributed by atoms with Crippen LogP contribution in [-0.4, -0.2) is 22.5 Å². The van der Waals surface area contributed by atoms with Crippen molar-refractivity contribution >= 4 is 0 Å². The lowest BCUT2D eigenvalue weighted by molar-refractivity contribution is 0.0670. The van der Waals surface area contributed by atoms with E-state index in [4.69, 9.17) is 0 Å². The Morgan fingerprint density at radius 3 is 2.83 bits per heavy atom. The zero-order chi connectivity index (χ0) is 8.34. The summed E-state index contributed by atoms with van der Waals surface area (Å²) in [5.41, 5.74) is 0.733. The van der Waals surface area contributed by atoms with Gasteiger partial charge in [0.25, 0.3) is 0 Å². The highest BCUT2D eigenvalue weighted by Gasteiger charge is 2.66. The van der Waals surface area contributed by atoms with Crippen LogP contribution in [0.3, 0.4) is 0 Å². The van der Waals surface area contributed by atoms with E-state index >= 15 is 0 Å². The van der Waals surface area contributed by atoms with Crippen molar-refractivity contribution in [2.24, 2.45) is 5.92 Å². The van der Waals surface area contributed by atoms with Crippen LogP contribution in [0.2, 0.25) is 0 Å². The van der Waals surface area contributed by atoms with Gasteiger partial charge in [0, 0.05) is 17.6 Å². The largest absolute Gasteiger partial charge is 0.292 e. The number of rotatable bonds is 1. The van der Waals surface area contributed by atoms with Crippen LogP contribution in [0.1, 0.15) is 46.0 Å². The molecule has 3 atom stereocenters. The second kappa shape index (κ2) is 2.06. The molecule has 0 aromatic rings. The first kappa shape index (κ1) is 7.37. The molecule has 2 heterocycles. The van der Waals surface area contributed by atoms with Gasteiger partial charge in [-0.3, -0.25) is 4.90 Å². The molecule has 0 aromatic carbocycles. The third kappa shape index (κ3) is 0.693. The lowest BCUT2D eigenvalue weighted by atomic mass is 9.96. The SMILES string of the molecule is CC(C)N1C2CCCC13CC3C2. The van der Waals surface area contributed by atoms with E-state index < -0.39 is 0 Å². The van der Waals surface area contributed by atoms with Gasteiger partial charge in [-0.2, -0.15) is 0 Å². The molecule has 0 aromatic heterocycles. The molecule has 3 rings (SSSR count). The van der Waals surface area contributed by atoms with E-state index in [9.17, 15) is 0 Å². The lowest BCUT2D eigenvalue weighted by Gasteiger charge is -2.41. The maximum absolute atomic E-state index is 2.85. The van der Waals surface area contributed by atoms with E-state index in [2.05, 4.69) is 18.7 Å². The Kier molecular flexibility index (Phi) is 1.27. The van der Waals surface area contributed by atoms with Crippen LogP contribution in [0, 0.1) is 5.92 Å². The maximum Gasteiger partial charge on any atom is 0.0248 e. The molecule has 12 heavy (non-hydrogen) atoms. The molecule has 1 spiro atoms. The molecule has 3 unspecified atom stereocenters. The average Bonchev–Trinajstić information content (AvgIpc) is 2.57. The number of nitrogens with zero attached hydrogens (tertiary/aromatic N) is 1. The van der Waals surface area contributed by atoms with Crippen molar-refractivity contribution in [3.63, 3.8) is 0 Å².